The van der Waals surface area contributed by atoms with E-state index in [9.17, 15) is 9.59 Å². The average Bonchev–Trinajstić information content (AvgIpc) is 2.39. The van der Waals surface area contributed by atoms with Crippen LogP contribution in [0.4, 0.5) is 5.69 Å². The van der Waals surface area contributed by atoms with Crippen molar-refractivity contribution >= 4 is 17.6 Å². The van der Waals surface area contributed by atoms with Gasteiger partial charge in [-0.1, -0.05) is 19.4 Å². The minimum atomic E-state index is -0.922. The number of benzene rings is 1. The van der Waals surface area contributed by atoms with E-state index in [0.29, 0.717) is 24.3 Å². The molecule has 1 rings (SSSR count). The van der Waals surface area contributed by atoms with E-state index in [4.69, 9.17) is 10.5 Å². The van der Waals surface area contributed by atoms with Gasteiger partial charge in [-0.05, 0) is 38.5 Å². The van der Waals surface area contributed by atoms with Gasteiger partial charge in [0.15, 0.2) is 0 Å². The number of hydrogen-bond donors (Lipinski definition) is 2. The van der Waals surface area contributed by atoms with Crippen molar-refractivity contribution in [3.05, 3.63) is 29.8 Å². The zero-order chi connectivity index (χ0) is 15.2. The number of anilines is 1. The van der Waals surface area contributed by atoms with E-state index in [0.717, 1.165) is 6.42 Å². The van der Waals surface area contributed by atoms with Crippen LogP contribution in [0.25, 0.3) is 0 Å². The molecule has 3 N–H and O–H groups in total. The molecule has 0 aromatic heterocycles. The zero-order valence-corrected chi connectivity index (χ0v) is 12.2. The van der Waals surface area contributed by atoms with Gasteiger partial charge in [0.1, 0.15) is 0 Å². The third kappa shape index (κ3) is 4.35. The van der Waals surface area contributed by atoms with Gasteiger partial charge in [-0.2, -0.15) is 0 Å². The van der Waals surface area contributed by atoms with E-state index in [1.165, 1.54) is 0 Å². The number of esters is 1. The van der Waals surface area contributed by atoms with E-state index in [1.54, 1.807) is 38.1 Å². The lowest BCUT2D eigenvalue weighted by atomic mass is 9.96. The molecule has 0 aliphatic carbocycles. The van der Waals surface area contributed by atoms with E-state index >= 15 is 0 Å². The molecule has 5 heteroatoms. The molecular formula is C15H22N2O3. The topological polar surface area (TPSA) is 81.4 Å². The summed E-state index contributed by atoms with van der Waals surface area (Å²) in [6, 6.07) is 6.62. The van der Waals surface area contributed by atoms with Crippen molar-refractivity contribution in [3.63, 3.8) is 0 Å². The molecule has 0 saturated carbocycles. The van der Waals surface area contributed by atoms with Crippen LogP contribution in [-0.4, -0.2) is 24.0 Å². The van der Waals surface area contributed by atoms with E-state index in [2.05, 4.69) is 5.32 Å². The van der Waals surface area contributed by atoms with Crippen molar-refractivity contribution in [2.45, 2.75) is 39.2 Å². The van der Waals surface area contributed by atoms with Gasteiger partial charge in [-0.15, -0.1) is 0 Å². The van der Waals surface area contributed by atoms with Crippen molar-refractivity contribution in [1.82, 2.24) is 0 Å². The Morgan fingerprint density at radius 2 is 2.05 bits per heavy atom. The fraction of sp³-hybridized carbons (Fsp3) is 0.467. The lowest BCUT2D eigenvalue weighted by Gasteiger charge is -2.22. The highest BCUT2D eigenvalue weighted by Crippen LogP contribution is 2.16. The predicted molar refractivity (Wildman–Crippen MR) is 78.5 cm³/mol. The molecule has 0 spiro atoms. The van der Waals surface area contributed by atoms with Gasteiger partial charge >= 0.3 is 5.97 Å². The molecule has 0 aliphatic heterocycles. The van der Waals surface area contributed by atoms with Crippen LogP contribution in [0.15, 0.2) is 24.3 Å². The summed E-state index contributed by atoms with van der Waals surface area (Å²) < 4.78 is 4.92. The highest BCUT2D eigenvalue weighted by atomic mass is 16.5. The molecule has 0 fully saturated rings. The van der Waals surface area contributed by atoms with Crippen LogP contribution in [0.1, 0.15) is 44.0 Å². The standard InChI is InChI=1S/C15H22N2O3/c1-4-9-15(3,16)14(19)17-12-8-6-7-11(10-12)13(18)20-5-2/h6-8,10H,4-5,9,16H2,1-3H3,(H,17,19). The highest BCUT2D eigenvalue weighted by Gasteiger charge is 2.27. The molecule has 1 unspecified atom stereocenters. The summed E-state index contributed by atoms with van der Waals surface area (Å²) in [6.07, 6.45) is 1.42. The molecule has 1 amide bonds. The molecule has 20 heavy (non-hydrogen) atoms. The summed E-state index contributed by atoms with van der Waals surface area (Å²) in [6.45, 7) is 5.72. The largest absolute Gasteiger partial charge is 0.462 e. The Labute approximate surface area is 119 Å². The second-order valence-electron chi connectivity index (χ2n) is 4.92. The first-order valence-corrected chi connectivity index (χ1v) is 6.78. The number of hydrogen-bond acceptors (Lipinski definition) is 4. The lowest BCUT2D eigenvalue weighted by molar-refractivity contribution is -0.120. The Morgan fingerprint density at radius 1 is 1.35 bits per heavy atom. The molecule has 110 valence electrons. The minimum absolute atomic E-state index is 0.264. The number of nitrogens with one attached hydrogen (secondary N) is 1. The maximum atomic E-state index is 12.1. The molecule has 0 saturated heterocycles. The highest BCUT2D eigenvalue weighted by molar-refractivity contribution is 5.99. The van der Waals surface area contributed by atoms with Crippen LogP contribution in [0, 0.1) is 0 Å². The van der Waals surface area contributed by atoms with Crippen LogP contribution >= 0.6 is 0 Å². The van der Waals surface area contributed by atoms with Crippen molar-refractivity contribution in [1.29, 1.82) is 0 Å². The quantitative estimate of drug-likeness (QED) is 0.782. The third-order valence-corrected chi connectivity index (χ3v) is 2.92. The van der Waals surface area contributed by atoms with E-state index in [-0.39, 0.29) is 5.91 Å². The Morgan fingerprint density at radius 3 is 2.65 bits per heavy atom. The van der Waals surface area contributed by atoms with Gasteiger partial charge in [0, 0.05) is 5.69 Å². The van der Waals surface area contributed by atoms with Crippen LogP contribution in [0.2, 0.25) is 0 Å². The van der Waals surface area contributed by atoms with Gasteiger partial charge in [0.05, 0.1) is 17.7 Å². The fourth-order valence-corrected chi connectivity index (χ4v) is 1.85. The second kappa shape index (κ2) is 7.05. The van der Waals surface area contributed by atoms with E-state index < -0.39 is 11.5 Å². The molecule has 0 heterocycles. The SMILES string of the molecule is CCCC(C)(N)C(=O)Nc1cccc(C(=O)OCC)c1. The maximum Gasteiger partial charge on any atom is 0.338 e. The van der Waals surface area contributed by atoms with Gasteiger partial charge in [0.2, 0.25) is 5.91 Å². The Bertz CT molecular complexity index is 484. The average molecular weight is 278 g/mol. The number of nitrogens with two attached hydrogens (primary N) is 1. The van der Waals surface area contributed by atoms with Crippen LogP contribution in [0.3, 0.4) is 0 Å². The van der Waals surface area contributed by atoms with Crippen molar-refractivity contribution in [2.24, 2.45) is 5.73 Å². The first kappa shape index (κ1) is 16.2. The first-order chi connectivity index (χ1) is 9.40. The number of ether oxygens (including phenoxy) is 1. The van der Waals surface area contributed by atoms with Gasteiger partial charge in [-0.25, -0.2) is 4.79 Å². The Balaban J connectivity index is 2.81. The monoisotopic (exact) mass is 278 g/mol. The predicted octanol–water partition coefficient (Wildman–Crippen LogP) is 2.32. The summed E-state index contributed by atoms with van der Waals surface area (Å²) in [7, 11) is 0. The zero-order valence-electron chi connectivity index (χ0n) is 12.2. The van der Waals surface area contributed by atoms with Crippen LogP contribution in [-0.2, 0) is 9.53 Å². The van der Waals surface area contributed by atoms with Gasteiger partial charge in [-0.3, -0.25) is 4.79 Å². The summed E-state index contributed by atoms with van der Waals surface area (Å²) in [5.41, 5.74) is 5.98. The summed E-state index contributed by atoms with van der Waals surface area (Å²) in [5, 5.41) is 2.73. The smallest absolute Gasteiger partial charge is 0.338 e. The summed E-state index contributed by atoms with van der Waals surface area (Å²) >= 11 is 0. The number of rotatable bonds is 6. The van der Waals surface area contributed by atoms with Gasteiger partial charge < -0.3 is 15.8 Å². The molecule has 0 bridgehead atoms. The Hall–Kier alpha value is -1.88. The molecule has 1 aromatic rings. The Kier molecular flexibility index (Phi) is 5.70. The van der Waals surface area contributed by atoms with Crippen molar-refractivity contribution < 1.29 is 14.3 Å². The minimum Gasteiger partial charge on any atom is -0.462 e. The normalized spacial score (nSPS) is 13.4. The van der Waals surface area contributed by atoms with Crippen molar-refractivity contribution in [2.75, 3.05) is 11.9 Å². The number of carbonyl (C=O) groups is 2. The molecular weight excluding hydrogens is 256 g/mol. The van der Waals surface area contributed by atoms with Crippen LogP contribution in [0.5, 0.6) is 0 Å². The fourth-order valence-electron chi connectivity index (χ4n) is 1.85. The summed E-state index contributed by atoms with van der Waals surface area (Å²) in [5.74, 6) is -0.673. The lowest BCUT2D eigenvalue weighted by Crippen LogP contribution is -2.48. The molecule has 0 radical (unpaired) electrons. The summed E-state index contributed by atoms with van der Waals surface area (Å²) in [4.78, 5) is 23.7. The molecule has 5 nitrogen and oxygen atoms in total. The van der Waals surface area contributed by atoms with Gasteiger partial charge in [0.25, 0.3) is 0 Å². The van der Waals surface area contributed by atoms with E-state index in [1.807, 2.05) is 6.92 Å². The number of carbonyl (C=O) groups excluding carboxylic acids is 2. The first-order valence-electron chi connectivity index (χ1n) is 6.78. The molecule has 0 aliphatic rings. The number of amides is 1. The third-order valence-electron chi connectivity index (χ3n) is 2.92. The van der Waals surface area contributed by atoms with Crippen molar-refractivity contribution in [3.8, 4) is 0 Å². The maximum absolute atomic E-state index is 12.1. The second-order valence-corrected chi connectivity index (χ2v) is 4.92. The van der Waals surface area contributed by atoms with Crippen LogP contribution < -0.4 is 11.1 Å². The molecule has 1 atom stereocenters. The molecule has 1 aromatic carbocycles.